The van der Waals surface area contributed by atoms with Crippen molar-refractivity contribution in [2.45, 2.75) is 48.9 Å². The van der Waals surface area contributed by atoms with E-state index in [1.807, 2.05) is 0 Å². The fourth-order valence-electron chi connectivity index (χ4n) is 3.57. The lowest BCUT2D eigenvalue weighted by molar-refractivity contribution is 0.185. The van der Waals surface area contributed by atoms with Gasteiger partial charge in [-0.1, -0.05) is 53.0 Å². The van der Waals surface area contributed by atoms with Crippen molar-refractivity contribution in [3.8, 4) is 0 Å². The SMILES string of the molecule is CN(CC1Cc2ccccc21)C1CCCCC1Br. The molecule has 0 amide bonds. The van der Waals surface area contributed by atoms with E-state index in [0.29, 0.717) is 4.83 Å². The molecule has 0 aromatic heterocycles. The minimum absolute atomic E-state index is 0.701. The van der Waals surface area contributed by atoms with Crippen LogP contribution in [0, 0.1) is 0 Å². The van der Waals surface area contributed by atoms with E-state index in [0.717, 1.165) is 12.0 Å². The topological polar surface area (TPSA) is 3.24 Å². The van der Waals surface area contributed by atoms with E-state index < -0.39 is 0 Å². The Bertz CT molecular complexity index is 417. The van der Waals surface area contributed by atoms with Gasteiger partial charge in [0.1, 0.15) is 0 Å². The highest BCUT2D eigenvalue weighted by Crippen LogP contribution is 2.37. The molecule has 0 N–H and O–H groups in total. The van der Waals surface area contributed by atoms with Crippen LogP contribution in [0.15, 0.2) is 24.3 Å². The summed E-state index contributed by atoms with van der Waals surface area (Å²) in [7, 11) is 2.31. The Balaban J connectivity index is 1.61. The van der Waals surface area contributed by atoms with Gasteiger partial charge in [0.05, 0.1) is 0 Å². The molecule has 0 heterocycles. The first-order chi connectivity index (χ1) is 8.75. The predicted octanol–water partition coefficient (Wildman–Crippen LogP) is 3.96. The van der Waals surface area contributed by atoms with Crippen LogP contribution in [0.3, 0.4) is 0 Å². The molecule has 0 spiro atoms. The number of halogens is 1. The highest BCUT2D eigenvalue weighted by molar-refractivity contribution is 9.09. The molecular formula is C16H22BrN. The van der Waals surface area contributed by atoms with E-state index in [1.54, 1.807) is 11.1 Å². The molecule has 98 valence electrons. The Morgan fingerprint density at radius 2 is 2.00 bits per heavy atom. The molecule has 3 rings (SSSR count). The minimum Gasteiger partial charge on any atom is -0.302 e. The van der Waals surface area contributed by atoms with Crippen LogP contribution < -0.4 is 0 Å². The lowest BCUT2D eigenvalue weighted by Crippen LogP contribution is -2.43. The first kappa shape index (κ1) is 12.7. The number of alkyl halides is 1. The third-order valence-electron chi connectivity index (χ3n) is 4.68. The number of benzene rings is 1. The second kappa shape index (κ2) is 5.34. The molecule has 0 bridgehead atoms. The summed E-state index contributed by atoms with van der Waals surface area (Å²) in [6.45, 7) is 1.23. The zero-order chi connectivity index (χ0) is 12.5. The number of hydrogen-bond donors (Lipinski definition) is 0. The fraction of sp³-hybridized carbons (Fsp3) is 0.625. The Morgan fingerprint density at radius 3 is 2.78 bits per heavy atom. The smallest absolute Gasteiger partial charge is 0.0301 e. The largest absolute Gasteiger partial charge is 0.302 e. The van der Waals surface area contributed by atoms with Gasteiger partial charge >= 0.3 is 0 Å². The maximum atomic E-state index is 3.88. The highest BCUT2D eigenvalue weighted by Gasteiger charge is 2.31. The summed E-state index contributed by atoms with van der Waals surface area (Å²) >= 11 is 3.88. The van der Waals surface area contributed by atoms with Crippen molar-refractivity contribution in [2.75, 3.05) is 13.6 Å². The van der Waals surface area contributed by atoms with Gasteiger partial charge in [-0.05, 0) is 37.4 Å². The third-order valence-corrected chi connectivity index (χ3v) is 5.75. The van der Waals surface area contributed by atoms with Crippen LogP contribution in [0.2, 0.25) is 0 Å². The lowest BCUT2D eigenvalue weighted by Gasteiger charge is -2.40. The van der Waals surface area contributed by atoms with Crippen LogP contribution in [0.25, 0.3) is 0 Å². The van der Waals surface area contributed by atoms with E-state index in [4.69, 9.17) is 0 Å². The highest BCUT2D eigenvalue weighted by atomic mass is 79.9. The zero-order valence-electron chi connectivity index (χ0n) is 11.1. The maximum absolute atomic E-state index is 3.88. The molecule has 18 heavy (non-hydrogen) atoms. The zero-order valence-corrected chi connectivity index (χ0v) is 12.7. The molecule has 0 aliphatic heterocycles. The van der Waals surface area contributed by atoms with Crippen molar-refractivity contribution in [2.24, 2.45) is 0 Å². The summed E-state index contributed by atoms with van der Waals surface area (Å²) in [4.78, 5) is 3.30. The van der Waals surface area contributed by atoms with Gasteiger partial charge in [0.15, 0.2) is 0 Å². The summed E-state index contributed by atoms with van der Waals surface area (Å²) in [6.07, 6.45) is 6.78. The molecular weight excluding hydrogens is 286 g/mol. The predicted molar refractivity (Wildman–Crippen MR) is 80.5 cm³/mol. The normalized spacial score (nSPS) is 30.9. The summed E-state index contributed by atoms with van der Waals surface area (Å²) in [6, 6.07) is 9.67. The molecule has 3 unspecified atom stereocenters. The fourth-order valence-corrected chi connectivity index (χ4v) is 4.56. The Hall–Kier alpha value is -0.340. The Labute approximate surface area is 119 Å². The Morgan fingerprint density at radius 1 is 1.22 bits per heavy atom. The third kappa shape index (κ3) is 2.37. The van der Waals surface area contributed by atoms with Gasteiger partial charge in [-0.2, -0.15) is 0 Å². The van der Waals surface area contributed by atoms with E-state index in [2.05, 4.69) is 52.1 Å². The molecule has 2 heteroatoms. The molecule has 1 nitrogen and oxygen atoms in total. The van der Waals surface area contributed by atoms with Gasteiger partial charge in [0.25, 0.3) is 0 Å². The standard InChI is InChI=1S/C16H22BrN/c1-18(16-9-5-4-8-15(16)17)11-13-10-12-6-2-3-7-14(12)13/h2-3,6-7,13,15-16H,4-5,8-11H2,1H3. The molecule has 2 aliphatic rings. The number of nitrogens with zero attached hydrogens (tertiary/aromatic N) is 1. The summed E-state index contributed by atoms with van der Waals surface area (Å²) in [5, 5.41) is 0. The lowest BCUT2D eigenvalue weighted by atomic mass is 9.77. The van der Waals surface area contributed by atoms with Gasteiger partial charge in [-0.15, -0.1) is 0 Å². The van der Waals surface area contributed by atoms with Crippen LogP contribution >= 0.6 is 15.9 Å². The number of hydrogen-bond acceptors (Lipinski definition) is 1. The summed E-state index contributed by atoms with van der Waals surface area (Å²) < 4.78 is 0. The summed E-state index contributed by atoms with van der Waals surface area (Å²) in [5.41, 5.74) is 3.15. The van der Waals surface area contributed by atoms with E-state index in [9.17, 15) is 0 Å². The van der Waals surface area contributed by atoms with Crippen molar-refractivity contribution in [3.63, 3.8) is 0 Å². The van der Waals surface area contributed by atoms with Crippen LogP contribution in [-0.2, 0) is 6.42 Å². The molecule has 2 aliphatic carbocycles. The number of rotatable bonds is 3. The average molecular weight is 308 g/mol. The van der Waals surface area contributed by atoms with Crippen molar-refractivity contribution in [1.29, 1.82) is 0 Å². The van der Waals surface area contributed by atoms with E-state index >= 15 is 0 Å². The van der Waals surface area contributed by atoms with Crippen molar-refractivity contribution >= 4 is 15.9 Å². The second-order valence-corrected chi connectivity index (χ2v) is 7.08. The molecule has 3 atom stereocenters. The molecule has 1 fully saturated rings. The van der Waals surface area contributed by atoms with Crippen LogP contribution in [0.1, 0.15) is 42.7 Å². The van der Waals surface area contributed by atoms with Crippen molar-refractivity contribution < 1.29 is 0 Å². The summed E-state index contributed by atoms with van der Waals surface area (Å²) in [5.74, 6) is 0.771. The van der Waals surface area contributed by atoms with Crippen LogP contribution in [0.4, 0.5) is 0 Å². The van der Waals surface area contributed by atoms with Gasteiger partial charge in [0, 0.05) is 23.3 Å². The number of fused-ring (bicyclic) bond motifs is 1. The first-order valence-electron chi connectivity index (χ1n) is 7.18. The second-order valence-electron chi connectivity index (χ2n) is 5.91. The van der Waals surface area contributed by atoms with Crippen molar-refractivity contribution in [1.82, 2.24) is 4.90 Å². The van der Waals surface area contributed by atoms with Crippen LogP contribution in [0.5, 0.6) is 0 Å². The minimum atomic E-state index is 0.701. The van der Waals surface area contributed by atoms with E-state index in [-0.39, 0.29) is 0 Å². The number of likely N-dealkylation sites (N-methyl/N-ethyl adjacent to an activating group) is 1. The van der Waals surface area contributed by atoms with Crippen LogP contribution in [-0.4, -0.2) is 29.4 Å². The van der Waals surface area contributed by atoms with Crippen molar-refractivity contribution in [3.05, 3.63) is 35.4 Å². The van der Waals surface area contributed by atoms with Gasteiger partial charge in [-0.3, -0.25) is 0 Å². The van der Waals surface area contributed by atoms with Gasteiger partial charge < -0.3 is 4.90 Å². The van der Waals surface area contributed by atoms with Gasteiger partial charge in [0.2, 0.25) is 0 Å². The molecule has 1 aromatic rings. The first-order valence-corrected chi connectivity index (χ1v) is 8.09. The molecule has 0 saturated heterocycles. The molecule has 0 radical (unpaired) electrons. The Kier molecular flexibility index (Phi) is 3.76. The monoisotopic (exact) mass is 307 g/mol. The molecule has 1 aromatic carbocycles. The van der Waals surface area contributed by atoms with E-state index in [1.165, 1.54) is 38.6 Å². The molecule has 1 saturated carbocycles. The van der Waals surface area contributed by atoms with Gasteiger partial charge in [-0.25, -0.2) is 0 Å². The average Bonchev–Trinajstić information content (AvgIpc) is 2.36. The maximum Gasteiger partial charge on any atom is 0.0301 e. The quantitative estimate of drug-likeness (QED) is 0.764.